The van der Waals surface area contributed by atoms with Crippen LogP contribution in [0.5, 0.6) is 0 Å². The van der Waals surface area contributed by atoms with Crippen LogP contribution in [0.3, 0.4) is 0 Å². The van der Waals surface area contributed by atoms with Crippen molar-refractivity contribution in [1.29, 1.82) is 0 Å². The van der Waals surface area contributed by atoms with Crippen molar-refractivity contribution in [2.75, 3.05) is 36.2 Å². The van der Waals surface area contributed by atoms with Crippen LogP contribution in [-0.2, 0) is 135 Å². The summed E-state index contributed by atoms with van der Waals surface area (Å²) in [7, 11) is 0. The normalized spacial score (nSPS) is 17.5. The molecule has 0 spiro atoms. The summed E-state index contributed by atoms with van der Waals surface area (Å²) in [5.74, 6) is 3.03. The van der Waals surface area contributed by atoms with Crippen LogP contribution in [0.2, 0.25) is 0 Å². The number of unbranched alkanes of at least 4 members (excludes halogenated alkanes) is 10. The standard InChI is InChI=1S/C36H75O7P3S6.C33H69O8P3S6/c1-12-14-16-18-20-22-24-35(29-51-45(48,39-30(3)4)40-31(5)6)43-44(47,50-27-26-34(11)37)38-28-36(25-23-21-19-17-15-13-2)52-46(49,41-32(7)8)42-33(9)10;1-23(2)17-27(9)37-43(46,38-28(10)18-24(3)4)49-22-31(13)41-42(45,48-16-15-33(34)35)36-21-32(14)50-44(47,39-29(11)19-25(5)6)40-30(12)20-26(7)8/h30-33,35-36H,12-29H2,1-11H3;23-32H,15-22H2,1-14H3,(H,34,35). The molecule has 0 saturated heterocycles. The molecule has 612 valence electrons. The van der Waals surface area contributed by atoms with Gasteiger partial charge in [-0.15, -0.1) is 0 Å². The van der Waals surface area contributed by atoms with Gasteiger partial charge in [-0.1, -0.05) is 222 Å². The Balaban J connectivity index is 0. The maximum atomic E-state index is 12.0. The fourth-order valence-corrected chi connectivity index (χ4v) is 45.2. The number of carboxylic acids is 1. The van der Waals surface area contributed by atoms with Crippen molar-refractivity contribution < 1.29 is 69.0 Å². The van der Waals surface area contributed by atoms with Gasteiger partial charge in [0, 0.05) is 39.9 Å². The summed E-state index contributed by atoms with van der Waals surface area (Å²) >= 11 is 45.6. The summed E-state index contributed by atoms with van der Waals surface area (Å²) in [5, 5.41) is 9.25. The van der Waals surface area contributed by atoms with Gasteiger partial charge in [-0.25, -0.2) is 0 Å². The minimum absolute atomic E-state index is 0.0327. The average molecular weight is 1780 g/mol. The summed E-state index contributed by atoms with van der Waals surface area (Å²) in [5.41, 5.74) is -16.6. The molecular formula is C69H144O15P6S12. The Hall–Kier alpha value is 4.66. The van der Waals surface area contributed by atoms with E-state index in [1.807, 2.05) is 69.2 Å². The molecule has 0 amide bonds. The van der Waals surface area contributed by atoms with E-state index in [2.05, 4.69) is 96.9 Å². The molecule has 1 N–H and O–H groups in total. The van der Waals surface area contributed by atoms with E-state index in [0.717, 1.165) is 64.2 Å². The largest absolute Gasteiger partial charge is 0.481 e. The topological polar surface area (TPSA) is 165 Å². The summed E-state index contributed by atoms with van der Waals surface area (Å²) in [4.78, 5) is 23.4. The van der Waals surface area contributed by atoms with Crippen LogP contribution < -0.4 is 0 Å². The van der Waals surface area contributed by atoms with Crippen LogP contribution in [0.15, 0.2) is 0 Å². The number of hydrogen-bond donors (Lipinski definition) is 1. The molecular weight excluding hydrogens is 1640 g/mol. The number of carboxylic acid groups (broad SMARTS) is 1. The maximum absolute atomic E-state index is 12.0. The Morgan fingerprint density at radius 1 is 0.363 bits per heavy atom. The van der Waals surface area contributed by atoms with Gasteiger partial charge in [0.1, 0.15) is 5.78 Å². The van der Waals surface area contributed by atoms with Crippen LogP contribution in [0, 0.1) is 23.7 Å². The third-order valence-electron chi connectivity index (χ3n) is 13.8. The van der Waals surface area contributed by atoms with E-state index in [-0.39, 0.29) is 96.1 Å². The Morgan fingerprint density at radius 2 is 0.696 bits per heavy atom. The molecule has 15 nitrogen and oxygen atoms in total. The molecule has 0 rings (SSSR count). The zero-order valence-corrected chi connectivity index (χ0v) is 82.5. The second kappa shape index (κ2) is 60.2. The van der Waals surface area contributed by atoms with Crippen molar-refractivity contribution in [3.05, 3.63) is 0 Å². The summed E-state index contributed by atoms with van der Waals surface area (Å²) < 4.78 is 77.5. The van der Waals surface area contributed by atoms with E-state index in [4.69, 9.17) is 125 Å². The zero-order chi connectivity index (χ0) is 78.5. The molecule has 10 atom stereocenters. The van der Waals surface area contributed by atoms with Gasteiger partial charge in [-0.2, -0.15) is 0 Å². The van der Waals surface area contributed by atoms with Crippen molar-refractivity contribution in [2.45, 2.75) is 373 Å². The fourth-order valence-electron chi connectivity index (χ4n) is 10.1. The fraction of sp³-hybridized carbons (Fsp3) is 0.971. The Labute approximate surface area is 680 Å². The SMILES string of the molecule is CC(C)CC(C)OP(=S)(OC(C)CC(C)C)SCC(C)OP(=S)(OCC(C)SP(=S)(OC(C)CC(C)C)OC(C)CC(C)C)SCCC(=O)O.CCCCCCCCC(CSP(=S)(OC(C)C)OC(C)C)OP(=S)(OCC(CCCCCCCC)SP(=S)(OC(C)C)OC(C)C)SCCC(C)=O. The summed E-state index contributed by atoms with van der Waals surface area (Å²) in [6.07, 6.45) is 19.1. The molecule has 0 aliphatic carbocycles. The molecule has 0 fully saturated rings. The summed E-state index contributed by atoms with van der Waals surface area (Å²) in [6, 6.07) is 0. The Morgan fingerprint density at radius 3 is 1.10 bits per heavy atom. The highest BCUT2D eigenvalue weighted by Gasteiger charge is 2.36. The molecule has 0 aromatic heterocycles. The number of Topliss-reactive ketones (excluding diaryl/α,β-unsaturated/α-hetero) is 1. The number of ketones is 1. The minimum Gasteiger partial charge on any atom is -0.481 e. The molecule has 0 radical (unpaired) electrons. The first-order chi connectivity index (χ1) is 47.2. The van der Waals surface area contributed by atoms with Crippen molar-refractivity contribution in [3.63, 3.8) is 0 Å². The molecule has 0 aliphatic rings. The molecule has 0 bridgehead atoms. The van der Waals surface area contributed by atoms with E-state index in [1.165, 1.54) is 96.9 Å². The van der Waals surface area contributed by atoms with Gasteiger partial charge in [0.25, 0.3) is 0 Å². The van der Waals surface area contributed by atoms with Crippen LogP contribution in [0.4, 0.5) is 0 Å². The van der Waals surface area contributed by atoms with Gasteiger partial charge in [-0.05, 0) is 230 Å². The first kappa shape index (κ1) is 109. The molecule has 33 heteroatoms. The second-order valence-electron chi connectivity index (χ2n) is 29.3. The van der Waals surface area contributed by atoms with Gasteiger partial charge in [0.05, 0.1) is 80.7 Å². The second-order valence-corrected chi connectivity index (χ2v) is 67.6. The predicted octanol–water partition coefficient (Wildman–Crippen LogP) is 27.8. The smallest absolute Gasteiger partial charge is 0.304 e. The van der Waals surface area contributed by atoms with Gasteiger partial charge >= 0.3 is 5.97 Å². The highest BCUT2D eigenvalue weighted by atomic mass is 32.9. The van der Waals surface area contributed by atoms with E-state index in [9.17, 15) is 14.7 Å². The van der Waals surface area contributed by atoms with E-state index >= 15 is 0 Å². The number of rotatable bonds is 66. The quantitative estimate of drug-likeness (QED) is 0.0451. The first-order valence-electron chi connectivity index (χ1n) is 37.6. The maximum Gasteiger partial charge on any atom is 0.304 e. The molecule has 0 aromatic carbocycles. The lowest BCUT2D eigenvalue weighted by atomic mass is 10.1. The van der Waals surface area contributed by atoms with Crippen molar-refractivity contribution in [3.8, 4) is 0 Å². The lowest BCUT2D eigenvalue weighted by molar-refractivity contribution is -0.136. The number of carbonyl (C=O) groups is 2. The highest BCUT2D eigenvalue weighted by molar-refractivity contribution is 8.70. The van der Waals surface area contributed by atoms with Gasteiger partial charge in [0.15, 0.2) is 0 Å². The van der Waals surface area contributed by atoms with E-state index in [0.29, 0.717) is 54.0 Å². The number of carbonyl (C=O) groups excluding carboxylic acids is 1. The van der Waals surface area contributed by atoms with Crippen LogP contribution in [0.1, 0.15) is 302 Å². The molecule has 10 unspecified atom stereocenters. The summed E-state index contributed by atoms with van der Waals surface area (Å²) in [6.45, 7) is 52.2. The molecule has 102 heavy (non-hydrogen) atoms. The molecule has 0 aliphatic heterocycles. The van der Waals surface area contributed by atoms with Crippen molar-refractivity contribution >= 4 is 185 Å². The third kappa shape index (κ3) is 62.0. The molecule has 0 aromatic rings. The Bertz CT molecular complexity index is 2420. The highest BCUT2D eigenvalue weighted by Crippen LogP contribution is 2.70. The van der Waals surface area contributed by atoms with Crippen molar-refractivity contribution in [1.82, 2.24) is 0 Å². The lowest BCUT2D eigenvalue weighted by Crippen LogP contribution is -2.18. The van der Waals surface area contributed by atoms with Gasteiger partial charge in [-0.3, -0.25) is 9.59 Å². The van der Waals surface area contributed by atoms with Gasteiger partial charge < -0.3 is 59.4 Å². The van der Waals surface area contributed by atoms with Crippen LogP contribution in [0.25, 0.3) is 0 Å². The average Bonchev–Trinajstić information content (AvgIpc) is 0.845. The first-order valence-corrected chi connectivity index (χ1v) is 62.8. The van der Waals surface area contributed by atoms with E-state index in [1.54, 1.807) is 29.7 Å². The molecule has 0 heterocycles. The number of aliphatic carboxylic acids is 1. The predicted molar refractivity (Wildman–Crippen MR) is 480 cm³/mol. The lowest BCUT2D eigenvalue weighted by Gasteiger charge is -2.32. The van der Waals surface area contributed by atoms with Crippen molar-refractivity contribution in [2.24, 2.45) is 23.7 Å². The minimum atomic E-state index is -2.97. The van der Waals surface area contributed by atoms with Gasteiger partial charge in [0.2, 0.25) is 34.2 Å². The Kier molecular flexibility index (Phi) is 64.2. The van der Waals surface area contributed by atoms with Crippen LogP contribution >= 0.6 is 102 Å². The third-order valence-corrected chi connectivity index (χ3v) is 47.0. The van der Waals surface area contributed by atoms with E-state index < -0.39 is 40.1 Å². The molecule has 0 saturated carbocycles. The van der Waals surface area contributed by atoms with Crippen LogP contribution in [-0.4, -0.2) is 125 Å². The number of hydrogen-bond acceptors (Lipinski definition) is 26. The monoisotopic (exact) mass is 1780 g/mol. The zero-order valence-electron chi connectivity index (χ0n) is 67.4.